The van der Waals surface area contributed by atoms with E-state index in [2.05, 4.69) is 332 Å². The average molecular weight is 1020 g/mol. The van der Waals surface area contributed by atoms with E-state index in [0.29, 0.717) is 5.92 Å². The minimum atomic E-state index is 0.542. The molecule has 11 rings (SSSR count). The standard InChI is InChI=1S/C76H67N3/c1-3-5-30-58(4-2)53-79-75-49-47-67(77(54-71(59-31-14-6-15-32-59)60-33-16-7-17-34-60)55-72(61-35-18-8-19-36-61)62-37-20-9-21-38-62)51-69(75)70-52-68(48-50-76(70)79)78(56-73(63-39-22-10-23-40-63)64-41-24-11-25-42-64)57-74(65-43-26-12-27-44-65)66-45-28-13-29-46-66/h6-29,31-52,54-58H,3-5,30,53H2,1-2H3. The Bertz CT molecular complexity index is 3250. The minimum Gasteiger partial charge on any atom is -0.340 e. The Morgan fingerprint density at radius 2 is 0.595 bits per heavy atom. The highest BCUT2D eigenvalue weighted by Crippen LogP contribution is 2.40. The monoisotopic (exact) mass is 1020 g/mol. The summed E-state index contributed by atoms with van der Waals surface area (Å²) in [5, 5.41) is 2.41. The van der Waals surface area contributed by atoms with Crippen molar-refractivity contribution in [1.82, 2.24) is 4.57 Å². The van der Waals surface area contributed by atoms with Crippen molar-refractivity contribution in [3.05, 3.63) is 348 Å². The lowest BCUT2D eigenvalue weighted by Gasteiger charge is -2.23. The highest BCUT2D eigenvalue weighted by Gasteiger charge is 2.20. The van der Waals surface area contributed by atoms with Crippen molar-refractivity contribution < 1.29 is 0 Å². The van der Waals surface area contributed by atoms with Crippen LogP contribution in [0, 0.1) is 5.92 Å². The SMILES string of the molecule is CCCCC(CC)Cn1c2ccc(N(C=C(c3ccccc3)c3ccccc3)C=C(c3ccccc3)c3ccccc3)cc2c2cc(N(C=C(c3ccccc3)c3ccccc3)C=C(c3ccccc3)c3ccccc3)ccc21. The maximum atomic E-state index is 2.62. The van der Waals surface area contributed by atoms with Gasteiger partial charge in [0.25, 0.3) is 0 Å². The second kappa shape index (κ2) is 25.1. The van der Waals surface area contributed by atoms with Crippen molar-refractivity contribution in [2.24, 2.45) is 5.92 Å². The van der Waals surface area contributed by atoms with Crippen molar-refractivity contribution in [2.45, 2.75) is 46.1 Å². The van der Waals surface area contributed by atoms with Gasteiger partial charge in [0.15, 0.2) is 0 Å². The minimum absolute atomic E-state index is 0.542. The van der Waals surface area contributed by atoms with Crippen LogP contribution in [0.25, 0.3) is 44.1 Å². The second-order valence-corrected chi connectivity index (χ2v) is 20.3. The molecule has 1 heterocycles. The van der Waals surface area contributed by atoms with Gasteiger partial charge in [-0.05, 0) is 93.2 Å². The lowest BCUT2D eigenvalue weighted by Crippen LogP contribution is -2.12. The van der Waals surface area contributed by atoms with Gasteiger partial charge in [0.2, 0.25) is 0 Å². The van der Waals surface area contributed by atoms with Crippen molar-refractivity contribution >= 4 is 55.5 Å². The number of hydrogen-bond donors (Lipinski definition) is 0. The Labute approximate surface area is 467 Å². The highest BCUT2D eigenvalue weighted by molar-refractivity contribution is 6.10. The van der Waals surface area contributed by atoms with Gasteiger partial charge < -0.3 is 14.4 Å². The summed E-state index contributed by atoms with van der Waals surface area (Å²) in [6.07, 6.45) is 14.1. The van der Waals surface area contributed by atoms with Gasteiger partial charge in [0, 0.05) is 86.8 Å². The maximum absolute atomic E-state index is 2.62. The predicted molar refractivity (Wildman–Crippen MR) is 338 cm³/mol. The third-order valence-corrected chi connectivity index (χ3v) is 15.2. The van der Waals surface area contributed by atoms with Gasteiger partial charge in [-0.15, -0.1) is 0 Å². The number of aromatic nitrogens is 1. The molecular weight excluding hydrogens is 955 g/mol. The molecule has 0 aliphatic carbocycles. The van der Waals surface area contributed by atoms with Crippen molar-refractivity contribution in [2.75, 3.05) is 9.80 Å². The molecule has 0 aliphatic rings. The molecule has 0 saturated carbocycles. The number of rotatable bonds is 20. The summed E-state index contributed by atoms with van der Waals surface area (Å²) < 4.78 is 2.62. The number of unbranched alkanes of at least 4 members (excludes halogenated alkanes) is 1. The van der Waals surface area contributed by atoms with Crippen LogP contribution in [-0.2, 0) is 6.54 Å². The fourth-order valence-electron chi connectivity index (χ4n) is 10.9. The van der Waals surface area contributed by atoms with Crippen LogP contribution >= 0.6 is 0 Å². The molecule has 0 radical (unpaired) electrons. The molecule has 11 aromatic rings. The summed E-state index contributed by atoms with van der Waals surface area (Å²) in [6, 6.07) is 101. The molecular formula is C76H67N3. The molecule has 1 atom stereocenters. The Kier molecular flexibility index (Phi) is 16.4. The first-order valence-electron chi connectivity index (χ1n) is 28.0. The third-order valence-electron chi connectivity index (χ3n) is 15.2. The third kappa shape index (κ3) is 12.1. The number of anilines is 2. The molecule has 0 amide bonds. The largest absolute Gasteiger partial charge is 0.340 e. The first-order chi connectivity index (χ1) is 39.1. The molecule has 0 fully saturated rings. The van der Waals surface area contributed by atoms with Crippen molar-refractivity contribution in [3.8, 4) is 0 Å². The molecule has 1 unspecified atom stereocenters. The zero-order chi connectivity index (χ0) is 53.6. The molecule has 0 saturated heterocycles. The molecule has 1 aromatic heterocycles. The van der Waals surface area contributed by atoms with E-state index in [4.69, 9.17) is 0 Å². The van der Waals surface area contributed by atoms with Crippen LogP contribution in [0.1, 0.15) is 84.0 Å². The van der Waals surface area contributed by atoms with E-state index >= 15 is 0 Å². The molecule has 0 N–H and O–H groups in total. The van der Waals surface area contributed by atoms with E-state index in [1.54, 1.807) is 0 Å². The summed E-state index contributed by atoms with van der Waals surface area (Å²) in [6.45, 7) is 5.61. The van der Waals surface area contributed by atoms with E-state index in [1.807, 2.05) is 0 Å². The Hall–Kier alpha value is -9.44. The summed E-state index contributed by atoms with van der Waals surface area (Å²) in [5.74, 6) is 0.542. The van der Waals surface area contributed by atoms with Crippen molar-refractivity contribution in [3.63, 3.8) is 0 Å². The molecule has 3 heteroatoms. The van der Waals surface area contributed by atoms with Crippen LogP contribution in [-0.4, -0.2) is 4.57 Å². The van der Waals surface area contributed by atoms with Crippen LogP contribution in [0.4, 0.5) is 11.4 Å². The van der Waals surface area contributed by atoms with Gasteiger partial charge in [0.05, 0.1) is 0 Å². The summed E-state index contributed by atoms with van der Waals surface area (Å²) in [4.78, 5) is 4.73. The van der Waals surface area contributed by atoms with Crippen LogP contribution in [0.3, 0.4) is 0 Å². The zero-order valence-corrected chi connectivity index (χ0v) is 45.3. The Balaban J connectivity index is 1.19. The quantitative estimate of drug-likeness (QED) is 0.0754. The first-order valence-corrected chi connectivity index (χ1v) is 28.0. The fraction of sp³-hybridized carbons (Fsp3) is 0.105. The Morgan fingerprint density at radius 3 is 0.823 bits per heavy atom. The molecule has 0 spiro atoms. The fourth-order valence-corrected chi connectivity index (χ4v) is 10.9. The molecule has 0 aliphatic heterocycles. The topological polar surface area (TPSA) is 11.4 Å². The average Bonchev–Trinajstić information content (AvgIpc) is 3.85. The van der Waals surface area contributed by atoms with Crippen LogP contribution in [0.2, 0.25) is 0 Å². The van der Waals surface area contributed by atoms with Gasteiger partial charge >= 0.3 is 0 Å². The maximum Gasteiger partial charge on any atom is 0.0493 e. The predicted octanol–water partition coefficient (Wildman–Crippen LogP) is 20.0. The summed E-state index contributed by atoms with van der Waals surface area (Å²) in [5.41, 5.74) is 18.2. The molecule has 3 nitrogen and oxygen atoms in total. The van der Waals surface area contributed by atoms with Crippen LogP contribution < -0.4 is 9.80 Å². The van der Waals surface area contributed by atoms with Gasteiger partial charge in [-0.2, -0.15) is 0 Å². The first kappa shape index (κ1) is 51.7. The molecule has 0 bridgehead atoms. The van der Waals surface area contributed by atoms with Gasteiger partial charge in [-0.25, -0.2) is 0 Å². The Morgan fingerprint density at radius 1 is 0.342 bits per heavy atom. The van der Waals surface area contributed by atoms with Gasteiger partial charge in [-0.1, -0.05) is 276 Å². The van der Waals surface area contributed by atoms with E-state index in [9.17, 15) is 0 Å². The molecule has 386 valence electrons. The number of nitrogens with zero attached hydrogens (tertiary/aromatic N) is 3. The molecule has 10 aromatic carbocycles. The zero-order valence-electron chi connectivity index (χ0n) is 45.3. The van der Waals surface area contributed by atoms with E-state index in [0.717, 1.165) is 91.1 Å². The second-order valence-electron chi connectivity index (χ2n) is 20.3. The van der Waals surface area contributed by atoms with E-state index in [1.165, 1.54) is 41.1 Å². The number of hydrogen-bond acceptors (Lipinski definition) is 2. The number of benzene rings is 10. The van der Waals surface area contributed by atoms with E-state index < -0.39 is 0 Å². The lowest BCUT2D eigenvalue weighted by molar-refractivity contribution is 0.401. The van der Waals surface area contributed by atoms with Crippen LogP contribution in [0.5, 0.6) is 0 Å². The van der Waals surface area contributed by atoms with Gasteiger partial charge in [0.1, 0.15) is 0 Å². The van der Waals surface area contributed by atoms with Crippen molar-refractivity contribution in [1.29, 1.82) is 0 Å². The van der Waals surface area contributed by atoms with Gasteiger partial charge in [-0.3, -0.25) is 0 Å². The molecule has 79 heavy (non-hydrogen) atoms. The normalized spacial score (nSPS) is 11.4. The highest BCUT2D eigenvalue weighted by atomic mass is 15.1. The van der Waals surface area contributed by atoms with E-state index in [-0.39, 0.29) is 0 Å². The summed E-state index contributed by atoms with van der Waals surface area (Å²) >= 11 is 0. The lowest BCUT2D eigenvalue weighted by atomic mass is 9.97. The van der Waals surface area contributed by atoms with Crippen LogP contribution in [0.15, 0.2) is 304 Å². The smallest absolute Gasteiger partial charge is 0.0493 e. The summed E-state index contributed by atoms with van der Waals surface area (Å²) in [7, 11) is 0. The number of fused-ring (bicyclic) bond motifs is 3.